The van der Waals surface area contributed by atoms with E-state index in [1.807, 2.05) is 55.5 Å². The molecule has 0 bridgehead atoms. The van der Waals surface area contributed by atoms with Crippen LogP contribution in [0.4, 0.5) is 26.2 Å². The van der Waals surface area contributed by atoms with Crippen molar-refractivity contribution in [1.82, 2.24) is 24.8 Å². The van der Waals surface area contributed by atoms with Crippen LogP contribution in [0.3, 0.4) is 0 Å². The number of nitrogens with one attached hydrogen (secondary N) is 1. The van der Waals surface area contributed by atoms with Crippen LogP contribution in [0.15, 0.2) is 84.0 Å². The van der Waals surface area contributed by atoms with Crippen molar-refractivity contribution in [1.29, 1.82) is 0 Å². The molecule has 2 aromatic carbocycles. The van der Waals surface area contributed by atoms with Crippen molar-refractivity contribution >= 4 is 34.1 Å². The van der Waals surface area contributed by atoms with Crippen molar-refractivity contribution in [3.8, 4) is 0 Å². The van der Waals surface area contributed by atoms with E-state index < -0.39 is 18.0 Å². The summed E-state index contributed by atoms with van der Waals surface area (Å²) in [4.78, 5) is 42.9. The van der Waals surface area contributed by atoms with Crippen LogP contribution in [-0.2, 0) is 24.4 Å². The number of nitrogens with two attached hydrogens (primary N) is 1. The molecule has 1 unspecified atom stereocenters. The van der Waals surface area contributed by atoms with Crippen LogP contribution in [0.25, 0.3) is 10.9 Å². The highest BCUT2D eigenvalue weighted by Gasteiger charge is 2.31. The third-order valence-corrected chi connectivity index (χ3v) is 11.4. The van der Waals surface area contributed by atoms with Gasteiger partial charge in [-0.1, -0.05) is 12.1 Å². The standard InChI is InChI=1S/C44H51FN8O3/c1-29-7-12-36(23-48-29)50-17-3-5-37(27-50)52(24-32-15-16-47-30(2)19-32)25-33-26-53(35-13-14-35)41-21-42(40(45)20-39(41)43(33)54)51-18-4-6-38(28-51)56-44(55)49-22-31-8-10-34(46)11-9-31/h7-12,15-16,19-21,23,26,35,37-38H,3-6,13-14,17-18,22,24-25,27-28,46H2,1-2H3,(H,49,55)/t37-,38?/m0/s1. The molecule has 5 heterocycles. The molecule has 3 aliphatic rings. The zero-order valence-electron chi connectivity index (χ0n) is 32.3. The first-order valence-corrected chi connectivity index (χ1v) is 19.9. The second-order valence-corrected chi connectivity index (χ2v) is 15.8. The Morgan fingerprint density at radius 1 is 0.911 bits per heavy atom. The first-order valence-electron chi connectivity index (χ1n) is 19.9. The molecule has 3 N–H and O–H groups in total. The molecule has 8 rings (SSSR count). The smallest absolute Gasteiger partial charge is 0.407 e. The number of carbonyl (C=O) groups excluding carboxylic acids is 1. The Kier molecular flexibility index (Phi) is 10.9. The Morgan fingerprint density at radius 3 is 2.48 bits per heavy atom. The highest BCUT2D eigenvalue weighted by molar-refractivity contribution is 5.84. The van der Waals surface area contributed by atoms with E-state index in [1.54, 1.807) is 12.1 Å². The number of rotatable bonds is 11. The molecule has 0 spiro atoms. The second kappa shape index (κ2) is 16.3. The normalized spacial score (nSPS) is 18.7. The van der Waals surface area contributed by atoms with E-state index in [0.717, 1.165) is 78.9 Å². The number of hydrogen-bond acceptors (Lipinski definition) is 9. The molecule has 5 aromatic rings. The molecule has 3 fully saturated rings. The summed E-state index contributed by atoms with van der Waals surface area (Å²) in [6.07, 6.45) is 10.4. The molecule has 56 heavy (non-hydrogen) atoms. The number of carbonyl (C=O) groups is 1. The Labute approximate surface area is 327 Å². The van der Waals surface area contributed by atoms with E-state index in [4.69, 9.17) is 10.5 Å². The zero-order valence-corrected chi connectivity index (χ0v) is 32.3. The molecule has 1 aliphatic carbocycles. The summed E-state index contributed by atoms with van der Waals surface area (Å²) in [6, 6.07) is 19.4. The summed E-state index contributed by atoms with van der Waals surface area (Å²) in [6.45, 7) is 8.20. The van der Waals surface area contributed by atoms with Crippen LogP contribution in [0.5, 0.6) is 0 Å². The highest BCUT2D eigenvalue weighted by Crippen LogP contribution is 2.39. The predicted octanol–water partition coefficient (Wildman–Crippen LogP) is 7.03. The quantitative estimate of drug-likeness (QED) is 0.137. The maximum atomic E-state index is 16.3. The summed E-state index contributed by atoms with van der Waals surface area (Å²) in [5.41, 5.74) is 13.3. The number of hydrogen-bond donors (Lipinski definition) is 2. The third-order valence-electron chi connectivity index (χ3n) is 11.4. The number of nitrogens with zero attached hydrogens (tertiary/aromatic N) is 6. The van der Waals surface area contributed by atoms with Gasteiger partial charge >= 0.3 is 6.09 Å². The lowest BCUT2D eigenvalue weighted by Gasteiger charge is -2.40. The minimum Gasteiger partial charge on any atom is -0.444 e. The minimum absolute atomic E-state index is 0.133. The summed E-state index contributed by atoms with van der Waals surface area (Å²) < 4.78 is 24.2. The Balaban J connectivity index is 1.04. The number of aromatic nitrogens is 3. The number of fused-ring (bicyclic) bond motifs is 1. The van der Waals surface area contributed by atoms with Gasteiger partial charge < -0.3 is 30.2 Å². The Hall–Kier alpha value is -5.49. The summed E-state index contributed by atoms with van der Waals surface area (Å²) in [7, 11) is 0. The van der Waals surface area contributed by atoms with E-state index in [2.05, 4.69) is 53.9 Å². The maximum absolute atomic E-state index is 16.3. The lowest BCUT2D eigenvalue weighted by atomic mass is 10.0. The van der Waals surface area contributed by atoms with Gasteiger partial charge in [0.25, 0.3) is 0 Å². The molecule has 1 saturated carbocycles. The molecule has 292 valence electrons. The van der Waals surface area contributed by atoms with Gasteiger partial charge in [-0.05, 0) is 112 Å². The molecule has 1 amide bonds. The first-order chi connectivity index (χ1) is 27.2. The lowest BCUT2D eigenvalue weighted by Crippen LogP contribution is -2.48. The topological polar surface area (TPSA) is 122 Å². The number of alkyl carbamates (subject to hydrolysis) is 1. The number of piperidine rings is 2. The molecule has 2 saturated heterocycles. The number of pyridine rings is 3. The van der Waals surface area contributed by atoms with Gasteiger partial charge in [-0.25, -0.2) is 9.18 Å². The van der Waals surface area contributed by atoms with Crippen LogP contribution >= 0.6 is 0 Å². The fraction of sp³-hybridized carbons (Fsp3) is 0.409. The molecular weight excluding hydrogens is 708 g/mol. The van der Waals surface area contributed by atoms with Crippen LogP contribution in [-0.4, -0.2) is 63.9 Å². The first kappa shape index (κ1) is 37.4. The predicted molar refractivity (Wildman–Crippen MR) is 218 cm³/mol. The number of halogens is 1. The van der Waals surface area contributed by atoms with E-state index in [-0.39, 0.29) is 17.5 Å². The van der Waals surface area contributed by atoms with Crippen LogP contribution in [0, 0.1) is 19.7 Å². The fourth-order valence-electron chi connectivity index (χ4n) is 8.29. The summed E-state index contributed by atoms with van der Waals surface area (Å²) in [5.74, 6) is -0.443. The maximum Gasteiger partial charge on any atom is 0.407 e. The van der Waals surface area contributed by atoms with Gasteiger partial charge in [-0.2, -0.15) is 0 Å². The molecule has 2 aliphatic heterocycles. The van der Waals surface area contributed by atoms with Crippen LogP contribution < -0.4 is 26.3 Å². The van der Waals surface area contributed by atoms with Gasteiger partial charge in [0.1, 0.15) is 11.9 Å². The zero-order chi connectivity index (χ0) is 38.8. The second-order valence-electron chi connectivity index (χ2n) is 15.8. The molecule has 0 radical (unpaired) electrons. The Morgan fingerprint density at radius 2 is 1.71 bits per heavy atom. The fourth-order valence-corrected chi connectivity index (χ4v) is 8.29. The number of aryl methyl sites for hydroxylation is 2. The van der Waals surface area contributed by atoms with Gasteiger partial charge in [0.05, 0.1) is 29.6 Å². The van der Waals surface area contributed by atoms with Crippen molar-refractivity contribution in [2.24, 2.45) is 0 Å². The number of nitrogen functional groups attached to an aromatic ring is 1. The number of anilines is 3. The van der Waals surface area contributed by atoms with Crippen LogP contribution in [0.1, 0.15) is 72.6 Å². The number of amides is 1. The van der Waals surface area contributed by atoms with E-state index in [9.17, 15) is 9.59 Å². The van der Waals surface area contributed by atoms with E-state index in [1.165, 1.54) is 6.07 Å². The molecule has 2 atom stereocenters. The average Bonchev–Trinajstić information content (AvgIpc) is 4.05. The molecule has 12 heteroatoms. The molecule has 3 aromatic heterocycles. The third kappa shape index (κ3) is 8.65. The molecular formula is C44H51FN8O3. The van der Waals surface area contributed by atoms with Crippen LogP contribution in [0.2, 0.25) is 0 Å². The van der Waals surface area contributed by atoms with Gasteiger partial charge in [-0.15, -0.1) is 0 Å². The summed E-state index contributed by atoms with van der Waals surface area (Å²) in [5, 5.41) is 3.21. The van der Waals surface area contributed by atoms with Gasteiger partial charge in [0.15, 0.2) is 5.43 Å². The van der Waals surface area contributed by atoms with Crippen molar-refractivity contribution in [3.63, 3.8) is 0 Å². The lowest BCUT2D eigenvalue weighted by molar-refractivity contribution is 0.0879. The number of ether oxygens (including phenoxy) is 1. The van der Waals surface area contributed by atoms with Crippen molar-refractivity contribution in [2.45, 2.75) is 90.2 Å². The number of benzene rings is 2. The van der Waals surface area contributed by atoms with Gasteiger partial charge in [-0.3, -0.25) is 19.7 Å². The van der Waals surface area contributed by atoms with Gasteiger partial charge in [0.2, 0.25) is 0 Å². The van der Waals surface area contributed by atoms with Crippen molar-refractivity contribution < 1.29 is 13.9 Å². The van der Waals surface area contributed by atoms with Crippen molar-refractivity contribution in [3.05, 3.63) is 123 Å². The summed E-state index contributed by atoms with van der Waals surface area (Å²) >= 11 is 0. The largest absolute Gasteiger partial charge is 0.444 e. The minimum atomic E-state index is -0.510. The van der Waals surface area contributed by atoms with E-state index >= 15 is 4.39 Å². The SMILES string of the molecule is Cc1ccc(N2CCC[C@H](N(Cc3ccnc(C)c3)Cc3cn(C4CC4)c4cc(N5CCCC(OC(=O)NCc6ccc(N)cc6)C5)c(F)cc4c3=O)C2)cn1. The highest BCUT2D eigenvalue weighted by atomic mass is 19.1. The van der Waals surface area contributed by atoms with E-state index in [0.29, 0.717) is 61.5 Å². The van der Waals surface area contributed by atoms with Gasteiger partial charge in [0, 0.05) is 91.8 Å². The monoisotopic (exact) mass is 758 g/mol. The molecule has 11 nitrogen and oxygen atoms in total. The van der Waals surface area contributed by atoms with Crippen molar-refractivity contribution in [2.75, 3.05) is 41.7 Å². The average molecular weight is 759 g/mol. The Bertz CT molecular complexity index is 2240.